The van der Waals surface area contributed by atoms with Crippen LogP contribution in [0.5, 0.6) is 0 Å². The number of rotatable bonds is 8. The molecule has 2 aromatic rings. The van der Waals surface area contributed by atoms with Crippen molar-refractivity contribution in [3.8, 4) is 0 Å². The highest BCUT2D eigenvalue weighted by Gasteiger charge is 2.14. The van der Waals surface area contributed by atoms with Gasteiger partial charge in [0.25, 0.3) is 0 Å². The molecule has 1 fully saturated rings. The number of hydrogen-bond acceptors (Lipinski definition) is 4. The zero-order valence-electron chi connectivity index (χ0n) is 17.1. The number of amides is 1. The summed E-state index contributed by atoms with van der Waals surface area (Å²) in [5, 5.41) is 3.38. The van der Waals surface area contributed by atoms with Gasteiger partial charge in [0.15, 0.2) is 0 Å². The molecule has 5 heteroatoms. The fraction of sp³-hybridized carbons (Fsp3) is 0.435. The van der Waals surface area contributed by atoms with Crippen molar-refractivity contribution in [2.45, 2.75) is 19.9 Å². The summed E-state index contributed by atoms with van der Waals surface area (Å²) in [6.45, 7) is 8.46. The summed E-state index contributed by atoms with van der Waals surface area (Å²) >= 11 is 0. The van der Waals surface area contributed by atoms with Crippen LogP contribution in [-0.2, 0) is 11.3 Å². The molecule has 1 N–H and O–H groups in total. The number of carbonyl (C=O) groups is 1. The summed E-state index contributed by atoms with van der Waals surface area (Å²) in [7, 11) is 2.17. The topological polar surface area (TPSA) is 38.8 Å². The van der Waals surface area contributed by atoms with E-state index in [1.165, 1.54) is 11.3 Å². The molecular formula is C23H32N4O. The molecule has 1 saturated heterocycles. The summed E-state index contributed by atoms with van der Waals surface area (Å²) < 4.78 is 0. The van der Waals surface area contributed by atoms with Gasteiger partial charge in [-0.3, -0.25) is 4.79 Å². The fourth-order valence-electron chi connectivity index (χ4n) is 3.51. The SMILES string of the molecule is CCN(Cc1ccccc1)C(=O)CCNc1ccc(N2CCN(C)CC2)cc1. The molecule has 0 unspecified atom stereocenters. The van der Waals surface area contributed by atoms with E-state index < -0.39 is 0 Å². The van der Waals surface area contributed by atoms with E-state index in [9.17, 15) is 4.79 Å². The molecule has 0 aromatic heterocycles. The second-order valence-electron chi connectivity index (χ2n) is 7.41. The minimum absolute atomic E-state index is 0.188. The van der Waals surface area contributed by atoms with Gasteiger partial charge in [-0.05, 0) is 43.8 Å². The molecule has 5 nitrogen and oxygen atoms in total. The van der Waals surface area contributed by atoms with Gasteiger partial charge >= 0.3 is 0 Å². The van der Waals surface area contributed by atoms with Gasteiger partial charge in [-0.25, -0.2) is 0 Å². The third-order valence-electron chi connectivity index (χ3n) is 5.35. The average Bonchev–Trinajstić information content (AvgIpc) is 2.74. The first kappa shape index (κ1) is 20.2. The fourth-order valence-corrected chi connectivity index (χ4v) is 3.51. The van der Waals surface area contributed by atoms with Crippen molar-refractivity contribution in [3.05, 3.63) is 60.2 Å². The van der Waals surface area contributed by atoms with Gasteiger partial charge in [0.2, 0.25) is 5.91 Å². The molecule has 28 heavy (non-hydrogen) atoms. The summed E-state index contributed by atoms with van der Waals surface area (Å²) in [6.07, 6.45) is 0.501. The molecule has 150 valence electrons. The third-order valence-corrected chi connectivity index (χ3v) is 5.35. The van der Waals surface area contributed by atoms with Crippen molar-refractivity contribution in [1.29, 1.82) is 0 Å². The lowest BCUT2D eigenvalue weighted by atomic mass is 10.2. The highest BCUT2D eigenvalue weighted by molar-refractivity contribution is 5.76. The van der Waals surface area contributed by atoms with Crippen LogP contribution in [-0.4, -0.2) is 62.0 Å². The largest absolute Gasteiger partial charge is 0.385 e. The second kappa shape index (κ2) is 10.1. The molecule has 1 aliphatic heterocycles. The van der Waals surface area contributed by atoms with Crippen molar-refractivity contribution in [2.75, 3.05) is 56.5 Å². The molecule has 1 amide bonds. The minimum atomic E-state index is 0.188. The second-order valence-corrected chi connectivity index (χ2v) is 7.41. The number of benzene rings is 2. The maximum absolute atomic E-state index is 12.5. The highest BCUT2D eigenvalue weighted by Crippen LogP contribution is 2.19. The molecule has 0 bridgehead atoms. The van der Waals surface area contributed by atoms with Crippen molar-refractivity contribution in [3.63, 3.8) is 0 Å². The van der Waals surface area contributed by atoms with Crippen LogP contribution in [0.15, 0.2) is 54.6 Å². The normalized spacial score (nSPS) is 14.7. The van der Waals surface area contributed by atoms with Crippen LogP contribution in [0, 0.1) is 0 Å². The summed E-state index contributed by atoms with van der Waals surface area (Å²) in [6, 6.07) is 18.7. The smallest absolute Gasteiger partial charge is 0.224 e. The quantitative estimate of drug-likeness (QED) is 0.763. The molecule has 3 rings (SSSR count). The summed E-state index contributed by atoms with van der Waals surface area (Å²) in [5.41, 5.74) is 3.51. The first-order chi connectivity index (χ1) is 13.7. The number of nitrogens with one attached hydrogen (secondary N) is 1. The van der Waals surface area contributed by atoms with E-state index in [4.69, 9.17) is 0 Å². The molecule has 1 aliphatic rings. The predicted octanol–water partition coefficient (Wildman–Crippen LogP) is 3.29. The standard InChI is InChI=1S/C23H32N4O/c1-3-26(19-20-7-5-4-6-8-20)23(28)13-14-24-21-9-11-22(12-10-21)27-17-15-25(2)16-18-27/h4-12,24H,3,13-19H2,1-2H3. The van der Waals surface area contributed by atoms with E-state index in [-0.39, 0.29) is 5.91 Å². The maximum Gasteiger partial charge on any atom is 0.224 e. The maximum atomic E-state index is 12.5. The Bertz CT molecular complexity index is 724. The molecule has 0 saturated carbocycles. The van der Waals surface area contributed by atoms with Crippen molar-refractivity contribution >= 4 is 17.3 Å². The lowest BCUT2D eigenvalue weighted by Crippen LogP contribution is -2.44. The molecule has 1 heterocycles. The highest BCUT2D eigenvalue weighted by atomic mass is 16.2. The molecule has 0 radical (unpaired) electrons. The van der Waals surface area contributed by atoms with Gasteiger partial charge in [0.1, 0.15) is 0 Å². The Kier molecular flexibility index (Phi) is 7.31. The first-order valence-corrected chi connectivity index (χ1v) is 10.2. The van der Waals surface area contributed by atoms with Crippen LogP contribution in [0.2, 0.25) is 0 Å². The lowest BCUT2D eigenvalue weighted by Gasteiger charge is -2.34. The van der Waals surface area contributed by atoms with Crippen molar-refractivity contribution < 1.29 is 4.79 Å². The van der Waals surface area contributed by atoms with E-state index in [0.29, 0.717) is 19.5 Å². The van der Waals surface area contributed by atoms with Crippen LogP contribution in [0.1, 0.15) is 18.9 Å². The number of piperazine rings is 1. The molecule has 0 aliphatic carbocycles. The number of anilines is 2. The van der Waals surface area contributed by atoms with Gasteiger partial charge in [0, 0.05) is 63.6 Å². The van der Waals surface area contributed by atoms with E-state index in [0.717, 1.165) is 38.4 Å². The van der Waals surface area contributed by atoms with E-state index in [2.05, 4.69) is 58.6 Å². The Hall–Kier alpha value is -2.53. The molecule has 0 spiro atoms. The van der Waals surface area contributed by atoms with Crippen LogP contribution in [0.25, 0.3) is 0 Å². The van der Waals surface area contributed by atoms with E-state index in [1.54, 1.807) is 0 Å². The molecule has 2 aromatic carbocycles. The Morgan fingerprint density at radius 3 is 2.32 bits per heavy atom. The Morgan fingerprint density at radius 1 is 1.00 bits per heavy atom. The van der Waals surface area contributed by atoms with Crippen molar-refractivity contribution in [1.82, 2.24) is 9.80 Å². The third kappa shape index (κ3) is 5.73. The van der Waals surface area contributed by atoms with Crippen molar-refractivity contribution in [2.24, 2.45) is 0 Å². The zero-order valence-corrected chi connectivity index (χ0v) is 17.1. The summed E-state index contributed by atoms with van der Waals surface area (Å²) in [4.78, 5) is 19.2. The van der Waals surface area contributed by atoms with Crippen LogP contribution < -0.4 is 10.2 Å². The Balaban J connectivity index is 1.44. The lowest BCUT2D eigenvalue weighted by molar-refractivity contribution is -0.131. The predicted molar refractivity (Wildman–Crippen MR) is 117 cm³/mol. The van der Waals surface area contributed by atoms with Crippen LogP contribution in [0.4, 0.5) is 11.4 Å². The molecular weight excluding hydrogens is 348 g/mol. The van der Waals surface area contributed by atoms with Crippen LogP contribution in [0.3, 0.4) is 0 Å². The van der Waals surface area contributed by atoms with Crippen LogP contribution >= 0.6 is 0 Å². The van der Waals surface area contributed by atoms with Gasteiger partial charge in [-0.15, -0.1) is 0 Å². The van der Waals surface area contributed by atoms with Gasteiger partial charge in [-0.2, -0.15) is 0 Å². The number of nitrogens with zero attached hydrogens (tertiary/aromatic N) is 3. The Morgan fingerprint density at radius 2 is 1.68 bits per heavy atom. The zero-order chi connectivity index (χ0) is 19.8. The number of likely N-dealkylation sites (N-methyl/N-ethyl adjacent to an activating group) is 1. The van der Waals surface area contributed by atoms with E-state index in [1.807, 2.05) is 30.0 Å². The minimum Gasteiger partial charge on any atom is -0.385 e. The average molecular weight is 381 g/mol. The molecule has 0 atom stereocenters. The van der Waals surface area contributed by atoms with Gasteiger partial charge < -0.3 is 20.0 Å². The van der Waals surface area contributed by atoms with E-state index >= 15 is 0 Å². The summed E-state index contributed by atoms with van der Waals surface area (Å²) in [5.74, 6) is 0.188. The van der Waals surface area contributed by atoms with Gasteiger partial charge in [-0.1, -0.05) is 30.3 Å². The number of hydrogen-bond donors (Lipinski definition) is 1. The van der Waals surface area contributed by atoms with Gasteiger partial charge in [0.05, 0.1) is 0 Å². The monoisotopic (exact) mass is 380 g/mol. The Labute approximate surface area is 168 Å². The first-order valence-electron chi connectivity index (χ1n) is 10.2. The number of carbonyl (C=O) groups excluding carboxylic acids is 1.